The van der Waals surface area contributed by atoms with Crippen molar-refractivity contribution in [2.24, 2.45) is 0 Å². The molecular weight excluding hydrogens is 289 g/mol. The molecule has 0 aromatic heterocycles. The first-order chi connectivity index (χ1) is 9.09. The van der Waals surface area contributed by atoms with E-state index in [0.717, 1.165) is 13.1 Å². The van der Waals surface area contributed by atoms with Gasteiger partial charge in [-0.15, -0.1) is 12.4 Å². The van der Waals surface area contributed by atoms with Crippen molar-refractivity contribution in [1.29, 1.82) is 0 Å². The van der Waals surface area contributed by atoms with Gasteiger partial charge in [-0.25, -0.2) is 13.2 Å². The van der Waals surface area contributed by atoms with Gasteiger partial charge in [-0.1, -0.05) is 12.1 Å². The van der Waals surface area contributed by atoms with Gasteiger partial charge in [0.1, 0.15) is 5.82 Å². The van der Waals surface area contributed by atoms with Crippen LogP contribution in [0, 0.1) is 12.7 Å². The average molecular weight is 309 g/mol. The van der Waals surface area contributed by atoms with Gasteiger partial charge in [0.05, 0.1) is 0 Å². The van der Waals surface area contributed by atoms with Crippen LogP contribution in [0.25, 0.3) is 0 Å². The van der Waals surface area contributed by atoms with E-state index >= 15 is 0 Å². The van der Waals surface area contributed by atoms with Crippen LogP contribution in [0.2, 0.25) is 0 Å². The fraction of sp³-hybridized carbons (Fsp3) is 0.571. The lowest BCUT2D eigenvalue weighted by molar-refractivity contribution is 0.0735. The van der Waals surface area contributed by atoms with Gasteiger partial charge in [0.15, 0.2) is 0 Å². The molecule has 0 bridgehead atoms. The molecule has 6 heteroatoms. The van der Waals surface area contributed by atoms with Crippen molar-refractivity contribution < 1.29 is 13.2 Å². The molecule has 1 aliphatic rings. The van der Waals surface area contributed by atoms with Crippen LogP contribution in [0.4, 0.5) is 13.2 Å². The monoisotopic (exact) mass is 308 g/mol. The van der Waals surface area contributed by atoms with E-state index in [1.54, 1.807) is 19.1 Å². The van der Waals surface area contributed by atoms with E-state index in [2.05, 4.69) is 5.32 Å². The van der Waals surface area contributed by atoms with Crippen molar-refractivity contribution in [1.82, 2.24) is 10.2 Å². The highest BCUT2D eigenvalue weighted by Crippen LogP contribution is 2.30. The van der Waals surface area contributed by atoms with Crippen LogP contribution in [-0.4, -0.2) is 37.5 Å². The zero-order valence-corrected chi connectivity index (χ0v) is 12.2. The highest BCUT2D eigenvalue weighted by atomic mass is 35.5. The average Bonchev–Trinajstić information content (AvgIpc) is 2.40. The Kier molecular flexibility index (Phi) is 6.79. The zero-order valence-electron chi connectivity index (χ0n) is 11.4. The molecule has 1 aromatic carbocycles. The molecule has 0 saturated carbocycles. The van der Waals surface area contributed by atoms with Crippen LogP contribution in [0.3, 0.4) is 0 Å². The third-order valence-corrected chi connectivity index (χ3v) is 3.66. The smallest absolute Gasteiger partial charge is 0.240 e. The van der Waals surface area contributed by atoms with E-state index in [1.165, 1.54) is 6.07 Å². The quantitative estimate of drug-likeness (QED) is 0.919. The summed E-state index contributed by atoms with van der Waals surface area (Å²) in [6.07, 6.45) is -2.63. The minimum absolute atomic E-state index is 0. The summed E-state index contributed by atoms with van der Waals surface area (Å²) < 4.78 is 39.3. The van der Waals surface area contributed by atoms with Crippen molar-refractivity contribution in [3.63, 3.8) is 0 Å². The van der Waals surface area contributed by atoms with Crippen LogP contribution >= 0.6 is 12.4 Å². The van der Waals surface area contributed by atoms with Crippen LogP contribution in [-0.2, 0) is 0 Å². The molecule has 2 rings (SSSR count). The summed E-state index contributed by atoms with van der Waals surface area (Å²) in [5, 5.41) is 3.20. The molecule has 1 aliphatic heterocycles. The number of nitrogens with one attached hydrogen (secondary N) is 1. The third-order valence-electron chi connectivity index (χ3n) is 3.66. The summed E-state index contributed by atoms with van der Waals surface area (Å²) in [7, 11) is 0. The first kappa shape index (κ1) is 17.3. The number of rotatable bonds is 4. The molecule has 0 spiro atoms. The maximum Gasteiger partial charge on any atom is 0.240 e. The zero-order chi connectivity index (χ0) is 13.8. The van der Waals surface area contributed by atoms with Gasteiger partial charge in [0.25, 0.3) is 0 Å². The van der Waals surface area contributed by atoms with Gasteiger partial charge < -0.3 is 5.32 Å². The minimum atomic E-state index is -2.39. The lowest BCUT2D eigenvalue weighted by Gasteiger charge is -2.35. The van der Waals surface area contributed by atoms with Crippen molar-refractivity contribution in [3.05, 3.63) is 35.1 Å². The standard InChI is InChI=1S/C14H19F3N2.ClH/c1-10-11(3-2-4-12(10)15)13(9-14(16)17)19-7-5-18-6-8-19;/h2-4,13-14,18H,5-9H2,1H3;1H/t13-;/m0./s1. The van der Waals surface area contributed by atoms with Gasteiger partial charge in [-0.3, -0.25) is 4.90 Å². The largest absolute Gasteiger partial charge is 0.314 e. The summed E-state index contributed by atoms with van der Waals surface area (Å²) in [5.41, 5.74) is 1.16. The molecule has 1 N–H and O–H groups in total. The first-order valence-electron chi connectivity index (χ1n) is 6.57. The van der Waals surface area contributed by atoms with E-state index in [9.17, 15) is 13.2 Å². The Bertz CT molecular complexity index is 423. The second kappa shape index (κ2) is 7.86. The number of piperazine rings is 1. The van der Waals surface area contributed by atoms with Crippen LogP contribution in [0.5, 0.6) is 0 Å². The first-order valence-corrected chi connectivity index (χ1v) is 6.57. The summed E-state index contributed by atoms with van der Waals surface area (Å²) in [6, 6.07) is 4.32. The van der Waals surface area contributed by atoms with Crippen molar-refractivity contribution in [2.45, 2.75) is 25.8 Å². The lowest BCUT2D eigenvalue weighted by Crippen LogP contribution is -2.45. The maximum atomic E-state index is 13.6. The molecule has 0 radical (unpaired) electrons. The Hall–Kier alpha value is -0.780. The van der Waals surface area contributed by atoms with Gasteiger partial charge in [0, 0.05) is 38.6 Å². The number of alkyl halides is 2. The second-order valence-electron chi connectivity index (χ2n) is 4.88. The van der Waals surface area contributed by atoms with Crippen molar-refractivity contribution >= 4 is 12.4 Å². The van der Waals surface area contributed by atoms with Gasteiger partial charge in [-0.05, 0) is 24.1 Å². The maximum absolute atomic E-state index is 13.6. The number of hydrogen-bond acceptors (Lipinski definition) is 2. The molecule has 20 heavy (non-hydrogen) atoms. The Morgan fingerprint density at radius 3 is 2.50 bits per heavy atom. The van der Waals surface area contributed by atoms with Crippen molar-refractivity contribution in [2.75, 3.05) is 26.2 Å². The van der Waals surface area contributed by atoms with Crippen molar-refractivity contribution in [3.8, 4) is 0 Å². The second-order valence-corrected chi connectivity index (χ2v) is 4.88. The highest BCUT2D eigenvalue weighted by Gasteiger charge is 2.27. The van der Waals surface area contributed by atoms with E-state index in [4.69, 9.17) is 0 Å². The van der Waals surface area contributed by atoms with Crippen LogP contribution in [0.1, 0.15) is 23.6 Å². The SMILES string of the molecule is Cc1c(F)cccc1[C@H](CC(F)F)N1CCNCC1.Cl. The molecule has 1 fully saturated rings. The Morgan fingerprint density at radius 1 is 1.25 bits per heavy atom. The molecule has 0 amide bonds. The Balaban J connectivity index is 0.00000200. The minimum Gasteiger partial charge on any atom is -0.314 e. The highest BCUT2D eigenvalue weighted by molar-refractivity contribution is 5.85. The fourth-order valence-corrected chi connectivity index (χ4v) is 2.62. The number of nitrogens with zero attached hydrogens (tertiary/aromatic N) is 1. The third kappa shape index (κ3) is 4.11. The molecule has 1 saturated heterocycles. The molecule has 1 heterocycles. The summed E-state index contributed by atoms with van der Waals surface area (Å²) in [4.78, 5) is 2.02. The molecule has 1 atom stereocenters. The molecule has 0 unspecified atom stereocenters. The van der Waals surface area contributed by atoms with Gasteiger partial charge in [-0.2, -0.15) is 0 Å². The van der Waals surface area contributed by atoms with E-state index in [0.29, 0.717) is 24.2 Å². The molecular formula is C14H20ClF3N2. The van der Waals surface area contributed by atoms with E-state index in [1.807, 2.05) is 4.90 Å². The molecule has 0 aliphatic carbocycles. The summed E-state index contributed by atoms with van der Waals surface area (Å²) in [6.45, 7) is 4.66. The van der Waals surface area contributed by atoms with E-state index in [-0.39, 0.29) is 24.6 Å². The molecule has 114 valence electrons. The van der Waals surface area contributed by atoms with E-state index < -0.39 is 12.5 Å². The molecule has 1 aromatic rings. The number of halogens is 4. The summed E-state index contributed by atoms with van der Waals surface area (Å²) >= 11 is 0. The normalized spacial score (nSPS) is 17.9. The molecule has 2 nitrogen and oxygen atoms in total. The predicted octanol–water partition coefficient (Wildman–Crippen LogP) is 3.16. The Labute approximate surface area is 123 Å². The number of hydrogen-bond donors (Lipinski definition) is 1. The van der Waals surface area contributed by atoms with Crippen LogP contribution < -0.4 is 5.32 Å². The van der Waals surface area contributed by atoms with Gasteiger partial charge in [0.2, 0.25) is 6.43 Å². The Morgan fingerprint density at radius 2 is 1.90 bits per heavy atom. The number of benzene rings is 1. The topological polar surface area (TPSA) is 15.3 Å². The fourth-order valence-electron chi connectivity index (χ4n) is 2.62. The lowest BCUT2D eigenvalue weighted by atomic mass is 9.96. The van der Waals surface area contributed by atoms with Crippen LogP contribution in [0.15, 0.2) is 18.2 Å². The van der Waals surface area contributed by atoms with Gasteiger partial charge >= 0.3 is 0 Å². The summed E-state index contributed by atoms with van der Waals surface area (Å²) in [5.74, 6) is -0.327. The predicted molar refractivity (Wildman–Crippen MR) is 76.2 cm³/mol.